The molecule has 3 heterocycles. The van der Waals surface area contributed by atoms with Crippen LogP contribution in [-0.4, -0.2) is 48.2 Å². The van der Waals surface area contributed by atoms with E-state index in [0.29, 0.717) is 61.2 Å². The molecule has 1 aliphatic rings. The first kappa shape index (κ1) is 27.5. The molecule has 0 atom stereocenters. The van der Waals surface area contributed by atoms with E-state index < -0.39 is 0 Å². The molecule has 1 saturated heterocycles. The number of hydrogen-bond donors (Lipinski definition) is 1. The average molecular weight is 547 g/mol. The van der Waals surface area contributed by atoms with Gasteiger partial charge in [0.05, 0.1) is 27.5 Å². The zero-order valence-corrected chi connectivity index (χ0v) is 24.2. The molecule has 0 unspecified atom stereocenters. The Kier molecular flexibility index (Phi) is 7.20. The second-order valence-corrected chi connectivity index (χ2v) is 11.0. The summed E-state index contributed by atoms with van der Waals surface area (Å²) >= 11 is 0. The van der Waals surface area contributed by atoms with E-state index in [-0.39, 0.29) is 34.9 Å². The molecule has 40 heavy (non-hydrogen) atoms. The first-order valence-electron chi connectivity index (χ1n) is 14.1. The van der Waals surface area contributed by atoms with E-state index in [1.165, 1.54) is 9.13 Å². The molecular formula is C30H38N6O4. The fourth-order valence-electron chi connectivity index (χ4n) is 5.99. The molecule has 0 radical (unpaired) electrons. The second-order valence-electron chi connectivity index (χ2n) is 11.0. The summed E-state index contributed by atoms with van der Waals surface area (Å²) in [7, 11) is 1.69. The molecule has 4 aromatic rings. The van der Waals surface area contributed by atoms with Crippen LogP contribution in [0.25, 0.3) is 21.9 Å². The molecule has 5 rings (SSSR count). The number of likely N-dealkylation sites (tertiary alicyclic amines) is 1. The summed E-state index contributed by atoms with van der Waals surface area (Å²) in [4.78, 5) is 55.3. The molecule has 0 aliphatic carbocycles. The number of carbonyl (C=O) groups is 1. The number of carbonyl (C=O) groups excluding carboxylic acids is 1. The summed E-state index contributed by atoms with van der Waals surface area (Å²) in [6, 6.07) is 9.07. The zero-order chi connectivity index (χ0) is 28.9. The van der Waals surface area contributed by atoms with Gasteiger partial charge in [-0.2, -0.15) is 0 Å². The average Bonchev–Trinajstić information content (AvgIpc) is 3.20. The van der Waals surface area contributed by atoms with Crippen molar-refractivity contribution in [2.75, 3.05) is 18.4 Å². The summed E-state index contributed by atoms with van der Waals surface area (Å²) in [5, 5.41) is 3.93. The Morgan fingerprint density at radius 1 is 0.925 bits per heavy atom. The van der Waals surface area contributed by atoms with Gasteiger partial charge in [0.2, 0.25) is 0 Å². The van der Waals surface area contributed by atoms with E-state index in [2.05, 4.69) is 5.32 Å². The smallest absolute Gasteiger partial charge is 0.331 e. The van der Waals surface area contributed by atoms with Crippen LogP contribution in [0.4, 0.5) is 5.69 Å². The first-order chi connectivity index (χ1) is 19.1. The summed E-state index contributed by atoms with van der Waals surface area (Å²) in [5.41, 5.74) is 3.63. The maximum Gasteiger partial charge on any atom is 0.331 e. The molecule has 2 aromatic heterocycles. The minimum atomic E-state index is -0.335. The largest absolute Gasteiger partial charge is 0.382 e. The van der Waals surface area contributed by atoms with Crippen molar-refractivity contribution in [2.24, 2.45) is 7.05 Å². The Bertz CT molecular complexity index is 1800. The van der Waals surface area contributed by atoms with Crippen LogP contribution in [0.15, 0.2) is 44.7 Å². The number of rotatable bonds is 6. The predicted molar refractivity (Wildman–Crippen MR) is 159 cm³/mol. The molecule has 1 fully saturated rings. The van der Waals surface area contributed by atoms with Gasteiger partial charge in [0.25, 0.3) is 11.5 Å². The lowest BCUT2D eigenvalue weighted by atomic mass is 10.0. The lowest BCUT2D eigenvalue weighted by Gasteiger charge is -2.33. The van der Waals surface area contributed by atoms with E-state index in [0.717, 1.165) is 16.6 Å². The molecule has 0 saturated carbocycles. The number of amides is 1. The van der Waals surface area contributed by atoms with Gasteiger partial charge in [-0.15, -0.1) is 0 Å². The molecule has 1 N–H and O–H groups in total. The van der Waals surface area contributed by atoms with Crippen molar-refractivity contribution >= 4 is 33.5 Å². The van der Waals surface area contributed by atoms with Crippen LogP contribution >= 0.6 is 0 Å². The van der Waals surface area contributed by atoms with Crippen molar-refractivity contribution in [3.8, 4) is 0 Å². The minimum Gasteiger partial charge on any atom is -0.382 e. The lowest BCUT2D eigenvalue weighted by molar-refractivity contribution is 0.0692. The normalized spacial score (nSPS) is 14.5. The van der Waals surface area contributed by atoms with Crippen LogP contribution in [0.1, 0.15) is 62.5 Å². The fourth-order valence-corrected chi connectivity index (χ4v) is 5.99. The van der Waals surface area contributed by atoms with Crippen LogP contribution in [0.3, 0.4) is 0 Å². The van der Waals surface area contributed by atoms with Gasteiger partial charge in [0, 0.05) is 51.0 Å². The molecule has 2 aromatic carbocycles. The number of anilines is 1. The van der Waals surface area contributed by atoms with Crippen LogP contribution in [-0.2, 0) is 20.1 Å². The van der Waals surface area contributed by atoms with E-state index >= 15 is 0 Å². The van der Waals surface area contributed by atoms with Crippen LogP contribution in [0.2, 0.25) is 0 Å². The third-order valence-electron chi connectivity index (χ3n) is 8.04. The van der Waals surface area contributed by atoms with Gasteiger partial charge in [-0.1, -0.05) is 11.6 Å². The number of imidazole rings is 1. The summed E-state index contributed by atoms with van der Waals surface area (Å²) in [5.74, 6) is -0.128. The molecule has 0 spiro atoms. The Morgan fingerprint density at radius 3 is 2.15 bits per heavy atom. The van der Waals surface area contributed by atoms with Crippen LogP contribution in [0, 0.1) is 6.92 Å². The van der Waals surface area contributed by atoms with Gasteiger partial charge in [-0.05, 0) is 71.7 Å². The number of aromatic nitrogens is 4. The van der Waals surface area contributed by atoms with E-state index in [1.54, 1.807) is 21.1 Å². The van der Waals surface area contributed by atoms with Gasteiger partial charge in [-0.25, -0.2) is 9.59 Å². The van der Waals surface area contributed by atoms with E-state index in [1.807, 2.05) is 65.0 Å². The third kappa shape index (κ3) is 4.45. The van der Waals surface area contributed by atoms with Crippen LogP contribution < -0.4 is 22.3 Å². The number of hydrogen-bond acceptors (Lipinski definition) is 5. The summed E-state index contributed by atoms with van der Waals surface area (Å²) in [6.07, 6.45) is 0.999. The molecule has 212 valence electrons. The molecule has 1 amide bonds. The van der Waals surface area contributed by atoms with Gasteiger partial charge < -0.3 is 10.2 Å². The number of benzene rings is 2. The minimum absolute atomic E-state index is 0.0847. The number of piperidine rings is 1. The highest BCUT2D eigenvalue weighted by atomic mass is 16.2. The van der Waals surface area contributed by atoms with E-state index in [9.17, 15) is 19.2 Å². The molecular weight excluding hydrogens is 508 g/mol. The number of nitrogens with zero attached hydrogens (tertiary/aromatic N) is 5. The van der Waals surface area contributed by atoms with Crippen molar-refractivity contribution in [1.29, 1.82) is 0 Å². The maximum atomic E-state index is 13.9. The van der Waals surface area contributed by atoms with Crippen molar-refractivity contribution in [3.05, 3.63) is 72.8 Å². The Morgan fingerprint density at radius 2 is 1.55 bits per heavy atom. The van der Waals surface area contributed by atoms with Crippen molar-refractivity contribution in [1.82, 2.24) is 23.2 Å². The molecule has 10 nitrogen and oxygen atoms in total. The summed E-state index contributed by atoms with van der Waals surface area (Å²) in [6.45, 7) is 11.7. The van der Waals surface area contributed by atoms with Gasteiger partial charge in [-0.3, -0.25) is 27.9 Å². The Hall–Kier alpha value is -4.08. The number of nitrogens with one attached hydrogen (secondary N) is 1. The van der Waals surface area contributed by atoms with Gasteiger partial charge in [0.1, 0.15) is 0 Å². The first-order valence-corrected chi connectivity index (χ1v) is 14.1. The Labute approximate surface area is 232 Å². The quantitative estimate of drug-likeness (QED) is 0.399. The fraction of sp³-hybridized carbons (Fsp3) is 0.467. The van der Waals surface area contributed by atoms with Gasteiger partial charge >= 0.3 is 11.4 Å². The zero-order valence-electron chi connectivity index (χ0n) is 24.2. The van der Waals surface area contributed by atoms with Gasteiger partial charge in [0.15, 0.2) is 0 Å². The second kappa shape index (κ2) is 10.5. The number of aryl methyl sites for hydroxylation is 4. The highest BCUT2D eigenvalue weighted by Crippen LogP contribution is 2.29. The lowest BCUT2D eigenvalue weighted by Crippen LogP contribution is -2.46. The molecule has 0 bridgehead atoms. The van der Waals surface area contributed by atoms with Crippen molar-refractivity contribution < 1.29 is 4.79 Å². The predicted octanol–water partition coefficient (Wildman–Crippen LogP) is 3.46. The Balaban J connectivity index is 1.48. The van der Waals surface area contributed by atoms with Crippen molar-refractivity contribution in [3.63, 3.8) is 0 Å². The molecule has 10 heteroatoms. The highest BCUT2D eigenvalue weighted by Gasteiger charge is 2.29. The maximum absolute atomic E-state index is 13.9. The standard InChI is InChI=1S/C30H38N6O4/c1-7-34-25-16-21(23(31-18(3)4)17-26(25)35(8-2)30(34)40)27(37)33-13-11-20(12-14-33)36-28(38)22-15-19(5)9-10-24(22)32(6)29(36)39/h9-10,15-18,20,31H,7-8,11-14H2,1-6H3. The van der Waals surface area contributed by atoms with E-state index in [4.69, 9.17) is 0 Å². The highest BCUT2D eigenvalue weighted by molar-refractivity contribution is 6.03. The van der Waals surface area contributed by atoms with Crippen molar-refractivity contribution in [2.45, 2.75) is 72.6 Å². The van der Waals surface area contributed by atoms with Crippen LogP contribution in [0.5, 0.6) is 0 Å². The SMILES string of the molecule is CCn1c(=O)n(CC)c2cc(C(=O)N3CCC(n4c(=O)c5cc(C)ccc5n(C)c4=O)CC3)c(NC(C)C)cc21. The topological polar surface area (TPSA) is 103 Å². The third-order valence-corrected chi connectivity index (χ3v) is 8.04. The molecule has 1 aliphatic heterocycles. The number of fused-ring (bicyclic) bond motifs is 2. The summed E-state index contributed by atoms with van der Waals surface area (Å²) < 4.78 is 6.33. The monoisotopic (exact) mass is 546 g/mol.